The van der Waals surface area contributed by atoms with Crippen LogP contribution < -0.4 is 0 Å². The summed E-state index contributed by atoms with van der Waals surface area (Å²) in [5, 5.41) is 7.42. The number of nitrogens with zero attached hydrogens (tertiary/aromatic N) is 4. The summed E-state index contributed by atoms with van der Waals surface area (Å²) in [6.07, 6.45) is 0. The van der Waals surface area contributed by atoms with Crippen molar-refractivity contribution in [3.8, 4) is 51.0 Å². The van der Waals surface area contributed by atoms with Gasteiger partial charge >= 0.3 is 0 Å². The first kappa shape index (κ1) is 32.3. The summed E-state index contributed by atoms with van der Waals surface area (Å²) in [5.41, 5.74) is 11.7. The van der Waals surface area contributed by atoms with Crippen molar-refractivity contribution in [2.45, 2.75) is 19.3 Å². The largest absolute Gasteiger partial charge is 0.308 e. The zero-order chi connectivity index (χ0) is 37.8. The van der Waals surface area contributed by atoms with E-state index >= 15 is 0 Å². The molecule has 0 unspecified atom stereocenters. The topological polar surface area (TPSA) is 43.6 Å². The Kier molecular flexibility index (Phi) is 6.82. The molecule has 3 heterocycles. The third-order valence-electron chi connectivity index (χ3n) is 12.0. The van der Waals surface area contributed by atoms with Gasteiger partial charge in [-0.25, -0.2) is 15.0 Å². The summed E-state index contributed by atoms with van der Waals surface area (Å²) in [5.74, 6) is 1.98. The van der Waals surface area contributed by atoms with Crippen LogP contribution in [-0.2, 0) is 5.41 Å². The molecule has 0 aliphatic heterocycles. The molecule has 5 heteroatoms. The average molecular weight is 747 g/mol. The number of thiophene rings is 1. The molecule has 0 saturated carbocycles. The maximum atomic E-state index is 5.21. The van der Waals surface area contributed by atoms with E-state index in [0.29, 0.717) is 17.5 Å². The zero-order valence-corrected chi connectivity index (χ0v) is 32.2. The first-order chi connectivity index (χ1) is 28.0. The Morgan fingerprint density at radius 2 is 1.11 bits per heavy atom. The molecule has 0 saturated heterocycles. The van der Waals surface area contributed by atoms with Crippen LogP contribution in [0.1, 0.15) is 25.0 Å². The molecule has 3 aromatic heterocycles. The van der Waals surface area contributed by atoms with Gasteiger partial charge in [0.2, 0.25) is 0 Å². The highest BCUT2D eigenvalue weighted by molar-refractivity contribution is 7.26. The molecule has 0 radical (unpaired) electrons. The van der Waals surface area contributed by atoms with E-state index < -0.39 is 0 Å². The minimum Gasteiger partial charge on any atom is -0.308 e. The van der Waals surface area contributed by atoms with Crippen molar-refractivity contribution in [2.75, 3.05) is 0 Å². The fourth-order valence-corrected chi connectivity index (χ4v) is 10.6. The molecule has 0 amide bonds. The van der Waals surface area contributed by atoms with Gasteiger partial charge in [-0.15, -0.1) is 11.3 Å². The lowest BCUT2D eigenvalue weighted by atomic mass is 9.81. The van der Waals surface area contributed by atoms with Gasteiger partial charge in [-0.1, -0.05) is 153 Å². The highest BCUT2D eigenvalue weighted by Gasteiger charge is 2.38. The van der Waals surface area contributed by atoms with Crippen LogP contribution in [0, 0.1) is 0 Å². The lowest BCUT2D eigenvalue weighted by Crippen LogP contribution is -2.16. The molecule has 0 atom stereocenters. The van der Waals surface area contributed by atoms with E-state index in [1.165, 1.54) is 70.3 Å². The molecular weight excluding hydrogens is 713 g/mol. The van der Waals surface area contributed by atoms with E-state index in [4.69, 9.17) is 15.0 Å². The van der Waals surface area contributed by atoms with Crippen LogP contribution in [0.4, 0.5) is 0 Å². The summed E-state index contributed by atoms with van der Waals surface area (Å²) in [7, 11) is 0. The standard InChI is InChI=1S/C52H34N4S/c1-52(2)41-23-13-11-21-35(41)36-25-26-37-40-29-33-19-9-10-20-34(33)30-43(40)56(47(37)46(36)52)42-28-27-39(48-45(42)38-22-12-14-24-44(38)57-48)51-54-49(31-15-5-3-6-16-31)53-50(55-51)32-17-7-4-8-18-32/h3-30H,1-2H3. The van der Waals surface area contributed by atoms with Crippen LogP contribution in [-0.4, -0.2) is 19.5 Å². The van der Waals surface area contributed by atoms with E-state index in [2.05, 4.69) is 152 Å². The normalized spacial score (nSPS) is 13.2. The summed E-state index contributed by atoms with van der Waals surface area (Å²) in [6, 6.07) is 61.0. The SMILES string of the molecule is CC1(C)c2ccccc2-c2ccc3c4cc5ccccc5cc4n(-c4ccc(-c5nc(-c6ccccc6)nc(-c6ccccc6)n5)c5sc6ccccc6c45)c3c21. The highest BCUT2D eigenvalue weighted by atomic mass is 32.1. The molecule has 0 fully saturated rings. The molecule has 0 bridgehead atoms. The first-order valence-corrected chi connectivity index (χ1v) is 20.3. The molecule has 1 aliphatic carbocycles. The Labute approximate surface area is 333 Å². The lowest BCUT2D eigenvalue weighted by molar-refractivity contribution is 0.664. The molecule has 8 aromatic carbocycles. The van der Waals surface area contributed by atoms with Gasteiger partial charge in [0.1, 0.15) is 0 Å². The van der Waals surface area contributed by atoms with E-state index in [-0.39, 0.29) is 5.41 Å². The quantitative estimate of drug-likeness (QED) is 0.180. The molecule has 12 rings (SSSR count). The highest BCUT2D eigenvalue weighted by Crippen LogP contribution is 2.54. The second kappa shape index (κ2) is 12.0. The van der Waals surface area contributed by atoms with E-state index in [1.807, 2.05) is 47.7 Å². The minimum atomic E-state index is -0.209. The van der Waals surface area contributed by atoms with Gasteiger partial charge in [0.05, 0.1) is 16.7 Å². The average Bonchev–Trinajstić information content (AvgIpc) is 3.88. The van der Waals surface area contributed by atoms with Crippen molar-refractivity contribution in [3.63, 3.8) is 0 Å². The van der Waals surface area contributed by atoms with Gasteiger partial charge in [0.25, 0.3) is 0 Å². The van der Waals surface area contributed by atoms with Crippen molar-refractivity contribution >= 4 is 64.1 Å². The number of fused-ring (bicyclic) bond motifs is 11. The van der Waals surface area contributed by atoms with Gasteiger partial charge in [-0.05, 0) is 63.4 Å². The molecule has 57 heavy (non-hydrogen) atoms. The number of hydrogen-bond acceptors (Lipinski definition) is 4. The maximum absolute atomic E-state index is 5.21. The van der Waals surface area contributed by atoms with Crippen LogP contribution in [0.5, 0.6) is 0 Å². The molecule has 11 aromatic rings. The minimum absolute atomic E-state index is 0.209. The summed E-state index contributed by atoms with van der Waals surface area (Å²) in [6.45, 7) is 4.79. The Balaban J connectivity index is 1.21. The fourth-order valence-electron chi connectivity index (χ4n) is 9.40. The molecule has 268 valence electrons. The molecular formula is C52H34N4S. The van der Waals surface area contributed by atoms with Gasteiger partial charge in [0.15, 0.2) is 17.5 Å². The zero-order valence-electron chi connectivity index (χ0n) is 31.4. The number of benzene rings is 8. The smallest absolute Gasteiger partial charge is 0.165 e. The first-order valence-electron chi connectivity index (χ1n) is 19.5. The van der Waals surface area contributed by atoms with E-state index in [1.54, 1.807) is 0 Å². The van der Waals surface area contributed by atoms with Gasteiger partial charge < -0.3 is 4.57 Å². The summed E-state index contributed by atoms with van der Waals surface area (Å²) >= 11 is 1.81. The number of rotatable bonds is 4. The fraction of sp³-hybridized carbons (Fsp3) is 0.0577. The predicted octanol–water partition coefficient (Wildman–Crippen LogP) is 13.8. The Bertz CT molecular complexity index is 3370. The van der Waals surface area contributed by atoms with Crippen LogP contribution in [0.3, 0.4) is 0 Å². The van der Waals surface area contributed by atoms with Crippen molar-refractivity contribution in [2.24, 2.45) is 0 Å². The molecule has 1 aliphatic rings. The third kappa shape index (κ3) is 4.70. The second-order valence-corrected chi connectivity index (χ2v) is 16.6. The Morgan fingerprint density at radius 3 is 1.86 bits per heavy atom. The van der Waals surface area contributed by atoms with Crippen LogP contribution in [0.25, 0.3) is 104 Å². The molecule has 0 spiro atoms. The maximum Gasteiger partial charge on any atom is 0.165 e. The van der Waals surface area contributed by atoms with Crippen LogP contribution in [0.2, 0.25) is 0 Å². The summed E-state index contributed by atoms with van der Waals surface area (Å²) in [4.78, 5) is 15.4. The molecule has 4 nitrogen and oxygen atoms in total. The molecule has 0 N–H and O–H groups in total. The van der Waals surface area contributed by atoms with Crippen molar-refractivity contribution in [1.29, 1.82) is 0 Å². The van der Waals surface area contributed by atoms with Crippen molar-refractivity contribution in [3.05, 3.63) is 181 Å². The van der Waals surface area contributed by atoms with Gasteiger partial charge in [-0.2, -0.15) is 0 Å². The van der Waals surface area contributed by atoms with Crippen molar-refractivity contribution < 1.29 is 0 Å². The van der Waals surface area contributed by atoms with Crippen LogP contribution in [0.15, 0.2) is 170 Å². The Morgan fingerprint density at radius 1 is 0.491 bits per heavy atom. The van der Waals surface area contributed by atoms with Gasteiger partial charge in [0, 0.05) is 53.1 Å². The van der Waals surface area contributed by atoms with E-state index in [9.17, 15) is 0 Å². The monoisotopic (exact) mass is 746 g/mol. The lowest BCUT2D eigenvalue weighted by Gasteiger charge is -2.24. The van der Waals surface area contributed by atoms with Crippen LogP contribution >= 0.6 is 11.3 Å². The number of aromatic nitrogens is 4. The number of hydrogen-bond donors (Lipinski definition) is 0. The Hall–Kier alpha value is -6.95. The second-order valence-electron chi connectivity index (χ2n) is 15.6. The van der Waals surface area contributed by atoms with E-state index in [0.717, 1.165) is 27.1 Å². The van der Waals surface area contributed by atoms with Gasteiger partial charge in [-0.3, -0.25) is 0 Å². The summed E-state index contributed by atoms with van der Waals surface area (Å²) < 4.78 is 4.96. The predicted molar refractivity (Wildman–Crippen MR) is 238 cm³/mol. The van der Waals surface area contributed by atoms with Crippen molar-refractivity contribution in [1.82, 2.24) is 19.5 Å². The third-order valence-corrected chi connectivity index (χ3v) is 13.2.